The van der Waals surface area contributed by atoms with Crippen molar-refractivity contribution < 1.29 is 9.59 Å². The minimum absolute atomic E-state index is 0.00947. The number of primary amides is 1. The van der Waals surface area contributed by atoms with Gasteiger partial charge in [0.15, 0.2) is 0 Å². The third kappa shape index (κ3) is 4.47. The number of hydrogen-bond acceptors (Lipinski definition) is 3. The summed E-state index contributed by atoms with van der Waals surface area (Å²) in [6.45, 7) is 7.42. The van der Waals surface area contributed by atoms with Gasteiger partial charge in [0.2, 0.25) is 5.91 Å². The topological polar surface area (TPSA) is 101 Å². The van der Waals surface area contributed by atoms with E-state index in [1.165, 1.54) is 0 Å². The zero-order valence-corrected chi connectivity index (χ0v) is 14.7. The van der Waals surface area contributed by atoms with E-state index in [1.807, 2.05) is 36.1 Å². The first-order chi connectivity index (χ1) is 11.2. The molecule has 1 aliphatic rings. The molecule has 2 atom stereocenters. The maximum Gasteiger partial charge on any atom is 0.312 e. The normalized spacial score (nSPS) is 21.2. The number of benzene rings is 1. The fraction of sp³-hybridized carbons (Fsp3) is 0.556. The van der Waals surface area contributed by atoms with Crippen molar-refractivity contribution in [3.8, 4) is 0 Å². The Balaban J connectivity index is 2.11. The summed E-state index contributed by atoms with van der Waals surface area (Å²) in [4.78, 5) is 25.9. The van der Waals surface area contributed by atoms with Gasteiger partial charge in [-0.2, -0.15) is 0 Å². The molecule has 3 amide bonds. The van der Waals surface area contributed by atoms with Crippen LogP contribution in [0.4, 0.5) is 4.79 Å². The zero-order chi connectivity index (χ0) is 17.9. The van der Waals surface area contributed by atoms with Crippen molar-refractivity contribution in [3.63, 3.8) is 0 Å². The van der Waals surface area contributed by atoms with E-state index in [2.05, 4.69) is 19.2 Å². The second kappa shape index (κ2) is 7.21. The highest BCUT2D eigenvalue weighted by atomic mass is 16.2. The molecule has 0 saturated carbocycles. The highest BCUT2D eigenvalue weighted by molar-refractivity contribution is 5.79. The van der Waals surface area contributed by atoms with E-state index in [0.29, 0.717) is 13.1 Å². The van der Waals surface area contributed by atoms with Crippen LogP contribution in [0, 0.1) is 12.3 Å². The molecule has 5 N–H and O–H groups in total. The predicted molar refractivity (Wildman–Crippen MR) is 94.2 cm³/mol. The van der Waals surface area contributed by atoms with Crippen molar-refractivity contribution in [1.29, 1.82) is 0 Å². The lowest BCUT2D eigenvalue weighted by Crippen LogP contribution is -2.54. The van der Waals surface area contributed by atoms with E-state index in [-0.39, 0.29) is 23.8 Å². The van der Waals surface area contributed by atoms with Gasteiger partial charge in [-0.05, 0) is 24.3 Å². The Bertz CT molecular complexity index is 615. The molecule has 1 aliphatic heterocycles. The molecule has 1 saturated heterocycles. The summed E-state index contributed by atoms with van der Waals surface area (Å²) in [5, 5.41) is 2.69. The van der Waals surface area contributed by atoms with Gasteiger partial charge in [0.1, 0.15) is 0 Å². The maximum absolute atomic E-state index is 12.7. The Hall–Kier alpha value is -2.08. The minimum atomic E-state index is -0.629. The van der Waals surface area contributed by atoms with E-state index < -0.39 is 12.1 Å². The van der Waals surface area contributed by atoms with Crippen LogP contribution in [0.3, 0.4) is 0 Å². The average Bonchev–Trinajstić information content (AvgIpc) is 2.48. The zero-order valence-electron chi connectivity index (χ0n) is 14.7. The van der Waals surface area contributed by atoms with Crippen molar-refractivity contribution in [2.75, 3.05) is 13.1 Å². The second-order valence-corrected chi connectivity index (χ2v) is 7.38. The van der Waals surface area contributed by atoms with Crippen LogP contribution < -0.4 is 16.8 Å². The number of nitrogens with one attached hydrogen (secondary N) is 1. The van der Waals surface area contributed by atoms with E-state index in [0.717, 1.165) is 17.5 Å². The molecule has 0 aliphatic carbocycles. The smallest absolute Gasteiger partial charge is 0.312 e. The molecule has 1 aromatic carbocycles. The van der Waals surface area contributed by atoms with Gasteiger partial charge >= 0.3 is 6.03 Å². The third-order valence-electron chi connectivity index (χ3n) is 4.80. The minimum Gasteiger partial charge on any atom is -0.352 e. The molecule has 2 unspecified atom stereocenters. The Labute approximate surface area is 143 Å². The molecule has 0 bridgehead atoms. The largest absolute Gasteiger partial charge is 0.352 e. The van der Waals surface area contributed by atoms with Crippen molar-refractivity contribution in [2.24, 2.45) is 16.9 Å². The Morgan fingerprint density at radius 1 is 1.42 bits per heavy atom. The Kier molecular flexibility index (Phi) is 5.49. The number of piperidine rings is 1. The fourth-order valence-electron chi connectivity index (χ4n) is 3.20. The van der Waals surface area contributed by atoms with Crippen LogP contribution >= 0.6 is 0 Å². The van der Waals surface area contributed by atoms with Gasteiger partial charge in [0.25, 0.3) is 0 Å². The lowest BCUT2D eigenvalue weighted by Gasteiger charge is -2.43. The molecule has 0 spiro atoms. The highest BCUT2D eigenvalue weighted by Gasteiger charge is 2.35. The summed E-state index contributed by atoms with van der Waals surface area (Å²) in [6.07, 6.45) is 0.981. The third-order valence-corrected chi connectivity index (χ3v) is 4.80. The summed E-state index contributed by atoms with van der Waals surface area (Å²) in [6, 6.07) is 6.79. The van der Waals surface area contributed by atoms with Crippen molar-refractivity contribution in [3.05, 3.63) is 35.4 Å². The van der Waals surface area contributed by atoms with Crippen molar-refractivity contribution in [1.82, 2.24) is 10.2 Å². The van der Waals surface area contributed by atoms with Crippen LogP contribution in [0.2, 0.25) is 0 Å². The highest BCUT2D eigenvalue weighted by Crippen LogP contribution is 2.29. The van der Waals surface area contributed by atoms with Crippen molar-refractivity contribution in [2.45, 2.75) is 45.7 Å². The van der Waals surface area contributed by atoms with Gasteiger partial charge < -0.3 is 21.7 Å². The summed E-state index contributed by atoms with van der Waals surface area (Å²) < 4.78 is 0. The van der Waals surface area contributed by atoms with Gasteiger partial charge in [-0.25, -0.2) is 4.79 Å². The Morgan fingerprint density at radius 3 is 2.71 bits per heavy atom. The number of urea groups is 1. The van der Waals surface area contributed by atoms with Crippen LogP contribution in [0.1, 0.15) is 43.9 Å². The van der Waals surface area contributed by atoms with Crippen LogP contribution in [0.15, 0.2) is 24.3 Å². The SMILES string of the molecule is Cc1cccc(C(CC(=O)N2CCC(N)C(C)(C)C2)NC(N)=O)c1. The molecule has 24 heavy (non-hydrogen) atoms. The van der Waals surface area contributed by atoms with Gasteiger partial charge in [0, 0.05) is 19.1 Å². The fourth-order valence-corrected chi connectivity index (χ4v) is 3.20. The first kappa shape index (κ1) is 18.3. The number of amides is 3. The summed E-state index contributed by atoms with van der Waals surface area (Å²) in [5.41, 5.74) is 13.3. The molecule has 1 heterocycles. The van der Waals surface area contributed by atoms with Gasteiger partial charge in [0.05, 0.1) is 12.5 Å². The molecular weight excluding hydrogens is 304 g/mol. The molecule has 1 fully saturated rings. The van der Waals surface area contributed by atoms with E-state index in [4.69, 9.17) is 11.5 Å². The molecule has 1 aromatic rings. The number of aryl methyl sites for hydroxylation is 1. The van der Waals surface area contributed by atoms with Crippen LogP contribution in [0.25, 0.3) is 0 Å². The number of rotatable bonds is 4. The number of carbonyl (C=O) groups is 2. The first-order valence-corrected chi connectivity index (χ1v) is 8.35. The van der Waals surface area contributed by atoms with Gasteiger partial charge in [-0.15, -0.1) is 0 Å². The quantitative estimate of drug-likeness (QED) is 0.782. The van der Waals surface area contributed by atoms with Crippen LogP contribution in [-0.2, 0) is 4.79 Å². The molecule has 6 nitrogen and oxygen atoms in total. The van der Waals surface area contributed by atoms with Crippen LogP contribution in [0.5, 0.6) is 0 Å². The summed E-state index contributed by atoms with van der Waals surface area (Å²) in [7, 11) is 0. The maximum atomic E-state index is 12.7. The number of carbonyl (C=O) groups excluding carboxylic acids is 2. The van der Waals surface area contributed by atoms with Gasteiger partial charge in [-0.3, -0.25) is 4.79 Å². The van der Waals surface area contributed by atoms with E-state index in [9.17, 15) is 9.59 Å². The number of nitrogens with two attached hydrogens (primary N) is 2. The van der Waals surface area contributed by atoms with Gasteiger partial charge in [-0.1, -0.05) is 43.7 Å². The number of likely N-dealkylation sites (tertiary alicyclic amines) is 1. The molecule has 0 aromatic heterocycles. The predicted octanol–water partition coefficient (Wildman–Crippen LogP) is 1.68. The Morgan fingerprint density at radius 2 is 2.12 bits per heavy atom. The average molecular weight is 332 g/mol. The molecular formula is C18H28N4O2. The lowest BCUT2D eigenvalue weighted by molar-refractivity contribution is -0.135. The number of hydrogen-bond donors (Lipinski definition) is 3. The second-order valence-electron chi connectivity index (χ2n) is 7.38. The lowest BCUT2D eigenvalue weighted by atomic mass is 9.79. The number of nitrogens with zero attached hydrogens (tertiary/aromatic N) is 1. The molecule has 2 rings (SSSR count). The van der Waals surface area contributed by atoms with Crippen LogP contribution in [-0.4, -0.2) is 36.0 Å². The molecule has 0 radical (unpaired) electrons. The van der Waals surface area contributed by atoms with Crippen molar-refractivity contribution >= 4 is 11.9 Å². The molecule has 6 heteroatoms. The first-order valence-electron chi connectivity index (χ1n) is 8.35. The monoisotopic (exact) mass is 332 g/mol. The standard InChI is InChI=1S/C18H28N4O2/c1-12-5-4-6-13(9-12)14(21-17(20)24)10-16(23)22-8-7-15(19)18(2,3)11-22/h4-6,9,14-15H,7-8,10-11,19H2,1-3H3,(H3,20,21,24). The summed E-state index contributed by atoms with van der Waals surface area (Å²) in [5.74, 6) is 0.00947. The van der Waals surface area contributed by atoms with E-state index in [1.54, 1.807) is 0 Å². The summed E-state index contributed by atoms with van der Waals surface area (Å²) >= 11 is 0. The molecule has 132 valence electrons. The van der Waals surface area contributed by atoms with E-state index >= 15 is 0 Å².